The van der Waals surface area contributed by atoms with Crippen molar-refractivity contribution in [2.45, 2.75) is 12.2 Å². The number of nitrogens with zero attached hydrogens (tertiary/aromatic N) is 1. The summed E-state index contributed by atoms with van der Waals surface area (Å²) in [5.41, 5.74) is 3.56. The lowest BCUT2D eigenvalue weighted by Crippen LogP contribution is -2.40. The topological polar surface area (TPSA) is 69.3 Å². The van der Waals surface area contributed by atoms with Crippen LogP contribution in [0.15, 0.2) is 65.8 Å². The molecule has 1 aromatic heterocycles. The number of hydrogen-bond acceptors (Lipinski definition) is 2. The molecule has 1 unspecified atom stereocenters. The summed E-state index contributed by atoms with van der Waals surface area (Å²) in [6, 6.07) is 18.3. The van der Waals surface area contributed by atoms with Crippen molar-refractivity contribution in [3.8, 4) is 0 Å². The van der Waals surface area contributed by atoms with E-state index in [1.165, 1.54) is 10.9 Å². The highest BCUT2D eigenvalue weighted by Crippen LogP contribution is 2.17. The largest absolute Gasteiger partial charge is 0.361 e. The van der Waals surface area contributed by atoms with E-state index in [9.17, 15) is 4.21 Å². The van der Waals surface area contributed by atoms with Crippen molar-refractivity contribution >= 4 is 27.7 Å². The van der Waals surface area contributed by atoms with Crippen LogP contribution in [0, 0.1) is 0 Å². The van der Waals surface area contributed by atoms with Gasteiger partial charge in [-0.25, -0.2) is 0 Å². The van der Waals surface area contributed by atoms with Crippen molar-refractivity contribution < 1.29 is 4.21 Å². The average Bonchev–Trinajstić information content (AvgIpc) is 3.11. The molecule has 142 valence electrons. The highest BCUT2D eigenvalue weighted by atomic mass is 32.2. The number of benzene rings is 2. The number of rotatable bonds is 8. The Bertz CT molecular complexity index is 905. The smallest absolute Gasteiger partial charge is 0.191 e. The molecule has 0 aliphatic heterocycles. The van der Waals surface area contributed by atoms with E-state index in [0.717, 1.165) is 30.0 Å². The van der Waals surface area contributed by atoms with Crippen LogP contribution in [0.3, 0.4) is 0 Å². The van der Waals surface area contributed by atoms with Crippen LogP contribution < -0.4 is 10.6 Å². The maximum absolute atomic E-state index is 12.2. The number of nitrogens with one attached hydrogen (secondary N) is 3. The highest BCUT2D eigenvalue weighted by molar-refractivity contribution is 7.84. The fourth-order valence-electron chi connectivity index (χ4n) is 2.99. The molecule has 0 aliphatic carbocycles. The molecule has 3 N–H and O–H groups in total. The first-order valence-corrected chi connectivity index (χ1v) is 10.6. The van der Waals surface area contributed by atoms with E-state index in [1.54, 1.807) is 7.05 Å². The molecule has 5 nitrogen and oxygen atoms in total. The van der Waals surface area contributed by atoms with Crippen LogP contribution in [-0.2, 0) is 23.0 Å². The van der Waals surface area contributed by atoms with Gasteiger partial charge in [-0.15, -0.1) is 0 Å². The molecule has 0 fully saturated rings. The van der Waals surface area contributed by atoms with Crippen molar-refractivity contribution in [2.75, 3.05) is 25.9 Å². The Balaban J connectivity index is 1.38. The molecule has 3 aromatic rings. The Hall–Kier alpha value is -2.60. The first-order valence-electron chi connectivity index (χ1n) is 9.14. The van der Waals surface area contributed by atoms with Crippen molar-refractivity contribution in [3.63, 3.8) is 0 Å². The summed E-state index contributed by atoms with van der Waals surface area (Å²) in [4.78, 5) is 7.54. The van der Waals surface area contributed by atoms with Crippen LogP contribution in [0.1, 0.15) is 11.1 Å². The Kier molecular flexibility index (Phi) is 7.04. The molecular formula is C21H26N4OS. The monoisotopic (exact) mass is 382 g/mol. The minimum atomic E-state index is -0.885. The molecule has 0 radical (unpaired) electrons. The number of H-pyrrole nitrogens is 1. The zero-order valence-electron chi connectivity index (χ0n) is 15.6. The Morgan fingerprint density at radius 1 is 1.04 bits per heavy atom. The first-order chi connectivity index (χ1) is 13.3. The molecule has 1 heterocycles. The summed E-state index contributed by atoms with van der Waals surface area (Å²) in [6.07, 6.45) is 2.97. The van der Waals surface area contributed by atoms with Gasteiger partial charge in [-0.05, 0) is 23.6 Å². The molecule has 0 spiro atoms. The minimum Gasteiger partial charge on any atom is -0.361 e. The molecule has 2 aromatic carbocycles. The number of aromatic amines is 1. The number of para-hydroxylation sites is 1. The van der Waals surface area contributed by atoms with Crippen LogP contribution in [0.25, 0.3) is 10.9 Å². The predicted octanol–water partition coefficient (Wildman–Crippen LogP) is 2.82. The van der Waals surface area contributed by atoms with E-state index in [2.05, 4.69) is 45.0 Å². The van der Waals surface area contributed by atoms with Gasteiger partial charge >= 0.3 is 0 Å². The average molecular weight is 383 g/mol. The Morgan fingerprint density at radius 3 is 2.59 bits per heavy atom. The third-order valence-electron chi connectivity index (χ3n) is 4.38. The third-order valence-corrected chi connectivity index (χ3v) is 5.69. The predicted molar refractivity (Wildman–Crippen MR) is 115 cm³/mol. The summed E-state index contributed by atoms with van der Waals surface area (Å²) in [6.45, 7) is 1.42. The van der Waals surface area contributed by atoms with Gasteiger partial charge in [0.05, 0.1) is 0 Å². The number of aliphatic imine (C=N–C) groups is 1. The quantitative estimate of drug-likeness (QED) is 0.414. The van der Waals surface area contributed by atoms with E-state index in [4.69, 9.17) is 0 Å². The minimum absolute atomic E-state index is 0.592. The normalized spacial score (nSPS) is 12.9. The van der Waals surface area contributed by atoms with Gasteiger partial charge in [0.2, 0.25) is 0 Å². The van der Waals surface area contributed by atoms with Crippen LogP contribution in [0.4, 0.5) is 0 Å². The van der Waals surface area contributed by atoms with Crippen molar-refractivity contribution in [2.24, 2.45) is 4.99 Å². The summed E-state index contributed by atoms with van der Waals surface area (Å²) >= 11 is 0. The molecule has 6 heteroatoms. The molecule has 27 heavy (non-hydrogen) atoms. The molecule has 0 aliphatic rings. The second kappa shape index (κ2) is 9.92. The van der Waals surface area contributed by atoms with Crippen LogP contribution >= 0.6 is 0 Å². The standard InChI is InChI=1S/C21H26N4OS/c1-22-21(24-13-14-27(26)16-17-7-3-2-4-8-17)23-12-11-18-15-25-20-10-6-5-9-19(18)20/h2-10,15,25H,11-14,16H2,1H3,(H2,22,23,24). The Morgan fingerprint density at radius 2 is 1.78 bits per heavy atom. The lowest BCUT2D eigenvalue weighted by Gasteiger charge is -2.11. The van der Waals surface area contributed by atoms with E-state index < -0.39 is 10.8 Å². The second-order valence-corrected chi connectivity index (χ2v) is 7.89. The maximum Gasteiger partial charge on any atom is 0.191 e. The van der Waals surface area contributed by atoms with Gasteiger partial charge in [-0.3, -0.25) is 9.20 Å². The zero-order valence-corrected chi connectivity index (χ0v) is 16.4. The van der Waals surface area contributed by atoms with E-state index in [1.807, 2.05) is 36.4 Å². The van der Waals surface area contributed by atoms with Crippen LogP contribution in [-0.4, -0.2) is 41.0 Å². The summed E-state index contributed by atoms with van der Waals surface area (Å²) in [5.74, 6) is 1.93. The van der Waals surface area contributed by atoms with Crippen molar-refractivity contribution in [3.05, 3.63) is 71.9 Å². The summed E-state index contributed by atoms with van der Waals surface area (Å²) in [7, 11) is 0.867. The van der Waals surface area contributed by atoms with Gasteiger partial charge in [0.1, 0.15) is 0 Å². The lowest BCUT2D eigenvalue weighted by atomic mass is 10.1. The van der Waals surface area contributed by atoms with Gasteiger partial charge in [-0.1, -0.05) is 48.5 Å². The fourth-order valence-corrected chi connectivity index (χ4v) is 4.03. The van der Waals surface area contributed by atoms with Gasteiger partial charge in [0.15, 0.2) is 5.96 Å². The number of guanidine groups is 1. The molecule has 0 saturated carbocycles. The second-order valence-electron chi connectivity index (χ2n) is 6.31. The van der Waals surface area contributed by atoms with Crippen LogP contribution in [0.5, 0.6) is 0 Å². The van der Waals surface area contributed by atoms with Gasteiger partial charge in [-0.2, -0.15) is 0 Å². The summed E-state index contributed by atoms with van der Waals surface area (Å²) in [5, 5.41) is 7.83. The SMILES string of the molecule is CN=C(NCCc1c[nH]c2ccccc12)NCCS(=O)Cc1ccccc1. The first kappa shape index (κ1) is 19.2. The maximum atomic E-state index is 12.2. The molecule has 0 amide bonds. The molecule has 0 bridgehead atoms. The van der Waals surface area contributed by atoms with Gasteiger partial charge < -0.3 is 15.6 Å². The number of aromatic nitrogens is 1. The van der Waals surface area contributed by atoms with E-state index >= 15 is 0 Å². The van der Waals surface area contributed by atoms with Crippen molar-refractivity contribution in [1.82, 2.24) is 15.6 Å². The fraction of sp³-hybridized carbons (Fsp3) is 0.286. The Labute approximate surface area is 162 Å². The number of hydrogen-bond donors (Lipinski definition) is 3. The molecule has 1 atom stereocenters. The molecular weight excluding hydrogens is 356 g/mol. The van der Waals surface area contributed by atoms with Gasteiger partial charge in [0.25, 0.3) is 0 Å². The summed E-state index contributed by atoms with van der Waals surface area (Å²) < 4.78 is 12.2. The molecule has 3 rings (SSSR count). The van der Waals surface area contributed by atoms with Gasteiger partial charge in [0, 0.05) is 59.5 Å². The van der Waals surface area contributed by atoms with E-state index in [-0.39, 0.29) is 0 Å². The highest BCUT2D eigenvalue weighted by Gasteiger charge is 2.05. The lowest BCUT2D eigenvalue weighted by molar-refractivity contribution is 0.680. The van der Waals surface area contributed by atoms with E-state index in [0.29, 0.717) is 18.1 Å². The zero-order chi connectivity index (χ0) is 18.9. The molecule has 0 saturated heterocycles. The van der Waals surface area contributed by atoms with Crippen LogP contribution in [0.2, 0.25) is 0 Å². The van der Waals surface area contributed by atoms with Crippen molar-refractivity contribution in [1.29, 1.82) is 0 Å². The third kappa shape index (κ3) is 5.69. The number of fused-ring (bicyclic) bond motifs is 1.